The van der Waals surface area contributed by atoms with E-state index in [4.69, 9.17) is 28.6 Å². The lowest BCUT2D eigenvalue weighted by Gasteiger charge is -2.43. The number of nitrogens with one attached hydrogen (secondary N) is 3. The van der Waals surface area contributed by atoms with Crippen molar-refractivity contribution in [3.8, 4) is 11.8 Å². The number of carbonyl (C=O) groups is 4. The molecule has 310 valence electrons. The molecule has 1 aromatic heterocycles. The van der Waals surface area contributed by atoms with Crippen molar-refractivity contribution >= 4 is 75.3 Å². The number of rotatable bonds is 12. The Hall–Kier alpha value is -5.31. The first-order valence-corrected chi connectivity index (χ1v) is 20.3. The number of anilines is 4. The lowest BCUT2D eigenvalue weighted by atomic mass is 9.75. The maximum absolute atomic E-state index is 13.9. The van der Waals surface area contributed by atoms with Crippen LogP contribution in [0.2, 0.25) is 5.02 Å². The zero-order chi connectivity index (χ0) is 42.1. The summed E-state index contributed by atoms with van der Waals surface area (Å²) in [5.41, 5.74) is -0.590. The van der Waals surface area contributed by atoms with Crippen LogP contribution in [-0.2, 0) is 31.8 Å². The van der Waals surface area contributed by atoms with Gasteiger partial charge in [-0.2, -0.15) is 18.4 Å². The smallest absolute Gasteiger partial charge is 0.419 e. The highest BCUT2D eigenvalue weighted by Gasteiger charge is 2.60. The second-order valence-corrected chi connectivity index (χ2v) is 16.1. The number of carbonyl (C=O) groups excluding carboxylic acids is 4. The number of nitrogens with zero attached hydrogens (tertiary/aromatic N) is 5. The number of nitriles is 1. The molecule has 4 heterocycles. The highest BCUT2D eigenvalue weighted by molar-refractivity contribution is 7.81. The normalized spacial score (nSPS) is 19.7. The lowest BCUT2D eigenvalue weighted by Crippen LogP contribution is -2.55. The number of ether oxygens (including phenoxy) is 1. The van der Waals surface area contributed by atoms with Gasteiger partial charge in [0.25, 0.3) is 5.91 Å². The molecular formula is C41H42ClF3N8O5S. The summed E-state index contributed by atoms with van der Waals surface area (Å²) >= 11 is 12.1. The number of hydrogen-bond acceptors (Lipinski definition) is 10. The molecule has 4 amide bonds. The molecule has 3 aromatic rings. The summed E-state index contributed by atoms with van der Waals surface area (Å²) < 4.78 is 47.7. The zero-order valence-corrected chi connectivity index (χ0v) is 33.7. The molecule has 1 atom stereocenters. The van der Waals surface area contributed by atoms with Crippen molar-refractivity contribution in [2.75, 3.05) is 46.7 Å². The Kier molecular flexibility index (Phi) is 12.1. The van der Waals surface area contributed by atoms with Gasteiger partial charge in [-0.1, -0.05) is 18.5 Å². The fraction of sp³-hybridized carbons (Fsp3) is 0.439. The standard InChI is InChI=1S/C41H42ClF3N8O5S/c1-2-25-16-29(53-39(59)52(38(57)40(53)11-3-12-40)30-20-31(41(43,44)45)33(21-46)47-22-30)4-6-34(25)58-15-10-24-8-13-51(14-9-24)23-36(55)49-28-18-26(42)17-27(19-28)48-32-5-7-35(54)50-37(32)56/h4,6,16-20,22,24,32,48H,2-3,5,7-15,23H2,1H3,(H,49,55)(H,50,54,56). The van der Waals surface area contributed by atoms with Gasteiger partial charge < -0.3 is 20.3 Å². The second-order valence-electron chi connectivity index (χ2n) is 15.3. The molecule has 13 nitrogen and oxygen atoms in total. The predicted octanol–water partition coefficient (Wildman–Crippen LogP) is 6.59. The van der Waals surface area contributed by atoms with Gasteiger partial charge in [-0.15, -0.1) is 0 Å². The Bertz CT molecular complexity index is 2220. The van der Waals surface area contributed by atoms with E-state index in [9.17, 15) is 37.6 Å². The third-order valence-corrected chi connectivity index (χ3v) is 12.0. The minimum atomic E-state index is -4.85. The van der Waals surface area contributed by atoms with E-state index < -0.39 is 40.8 Å². The minimum absolute atomic E-state index is 0.0480. The van der Waals surface area contributed by atoms with Crippen LogP contribution in [0.3, 0.4) is 0 Å². The predicted molar refractivity (Wildman–Crippen MR) is 218 cm³/mol. The van der Waals surface area contributed by atoms with E-state index in [-0.39, 0.29) is 35.6 Å². The third-order valence-electron chi connectivity index (χ3n) is 11.4. The Labute approximate surface area is 349 Å². The van der Waals surface area contributed by atoms with E-state index in [0.717, 1.165) is 61.5 Å². The summed E-state index contributed by atoms with van der Waals surface area (Å²) in [6, 6.07) is 12.2. The van der Waals surface area contributed by atoms with Crippen LogP contribution in [0.5, 0.6) is 5.75 Å². The van der Waals surface area contributed by atoms with E-state index in [1.165, 1.54) is 6.07 Å². The minimum Gasteiger partial charge on any atom is -0.493 e. The summed E-state index contributed by atoms with van der Waals surface area (Å²) in [6.45, 7) is 4.17. The number of imide groups is 1. The van der Waals surface area contributed by atoms with E-state index in [1.807, 2.05) is 25.1 Å². The van der Waals surface area contributed by atoms with Gasteiger partial charge in [0.2, 0.25) is 17.7 Å². The van der Waals surface area contributed by atoms with Crippen LogP contribution < -0.4 is 30.5 Å². The average molecular weight is 851 g/mol. The molecule has 59 heavy (non-hydrogen) atoms. The summed E-state index contributed by atoms with van der Waals surface area (Å²) in [4.78, 5) is 59.2. The number of hydrogen-bond donors (Lipinski definition) is 3. The Morgan fingerprint density at radius 1 is 1.08 bits per heavy atom. The van der Waals surface area contributed by atoms with Gasteiger partial charge in [-0.25, -0.2) is 4.98 Å². The van der Waals surface area contributed by atoms with Crippen molar-refractivity contribution in [2.24, 2.45) is 5.92 Å². The van der Waals surface area contributed by atoms with Crippen LogP contribution in [0.25, 0.3) is 0 Å². The van der Waals surface area contributed by atoms with E-state index in [2.05, 4.69) is 25.8 Å². The van der Waals surface area contributed by atoms with Crippen molar-refractivity contribution in [3.05, 3.63) is 70.5 Å². The average Bonchev–Trinajstić information content (AvgIpc) is 3.42. The van der Waals surface area contributed by atoms with Gasteiger partial charge in [-0.05, 0) is 131 Å². The Balaban J connectivity index is 0.915. The number of thiocarbonyl (C=S) groups is 1. The molecule has 4 aliphatic rings. The molecule has 3 saturated heterocycles. The number of halogens is 4. The molecule has 4 fully saturated rings. The highest BCUT2D eigenvalue weighted by atomic mass is 35.5. The Morgan fingerprint density at radius 3 is 2.49 bits per heavy atom. The van der Waals surface area contributed by atoms with Crippen molar-refractivity contribution in [1.82, 2.24) is 15.2 Å². The summed E-state index contributed by atoms with van der Waals surface area (Å²) in [7, 11) is 0. The zero-order valence-electron chi connectivity index (χ0n) is 32.2. The first-order valence-electron chi connectivity index (χ1n) is 19.5. The van der Waals surface area contributed by atoms with E-state index in [1.54, 1.807) is 23.1 Å². The van der Waals surface area contributed by atoms with Crippen LogP contribution in [0.1, 0.15) is 75.1 Å². The fourth-order valence-corrected chi connectivity index (χ4v) is 8.86. The first kappa shape index (κ1) is 41.8. The largest absolute Gasteiger partial charge is 0.493 e. The molecule has 0 bridgehead atoms. The highest BCUT2D eigenvalue weighted by Crippen LogP contribution is 2.49. The quantitative estimate of drug-likeness (QED) is 0.133. The first-order chi connectivity index (χ1) is 28.2. The van der Waals surface area contributed by atoms with Crippen LogP contribution in [0.15, 0.2) is 48.7 Å². The van der Waals surface area contributed by atoms with Gasteiger partial charge in [-0.3, -0.25) is 34.3 Å². The SMILES string of the molecule is CCc1cc(N2C(=S)N(c3cnc(C#N)c(C(F)(F)F)c3)C(=O)C23CCC3)ccc1OCCC1CCN(CC(=O)Nc2cc(Cl)cc(NC3CCC(=O)NC3=O)c2)CC1. The molecule has 1 unspecified atom stereocenters. The molecule has 18 heteroatoms. The van der Waals surface area contributed by atoms with Crippen LogP contribution in [0, 0.1) is 17.2 Å². The number of likely N-dealkylation sites (tertiary alicyclic amines) is 1. The fourth-order valence-electron chi connectivity index (χ4n) is 8.16. The molecule has 3 aliphatic heterocycles. The van der Waals surface area contributed by atoms with Crippen molar-refractivity contribution < 1.29 is 37.1 Å². The molecule has 1 saturated carbocycles. The molecule has 1 aliphatic carbocycles. The maximum Gasteiger partial charge on any atom is 0.419 e. The van der Waals surface area contributed by atoms with Gasteiger partial charge in [0.1, 0.15) is 23.4 Å². The number of aromatic nitrogens is 1. The number of pyridine rings is 1. The van der Waals surface area contributed by atoms with Crippen LogP contribution >= 0.6 is 23.8 Å². The number of alkyl halides is 3. The maximum atomic E-state index is 13.9. The molecule has 1 spiro atoms. The molecule has 3 N–H and O–H groups in total. The van der Waals surface area contributed by atoms with Crippen LogP contribution in [-0.4, -0.2) is 76.4 Å². The monoisotopic (exact) mass is 850 g/mol. The van der Waals surface area contributed by atoms with Gasteiger partial charge in [0, 0.05) is 28.5 Å². The Morgan fingerprint density at radius 2 is 1.83 bits per heavy atom. The topological polar surface area (TPSA) is 160 Å². The summed E-state index contributed by atoms with van der Waals surface area (Å²) in [5.74, 6) is -0.217. The molecular weight excluding hydrogens is 809 g/mol. The molecule has 2 aromatic carbocycles. The van der Waals surface area contributed by atoms with Crippen molar-refractivity contribution in [2.45, 2.75) is 82.5 Å². The summed E-state index contributed by atoms with van der Waals surface area (Å²) in [5, 5.41) is 17.9. The molecule has 0 radical (unpaired) electrons. The lowest BCUT2D eigenvalue weighted by molar-refractivity contribution is -0.138. The van der Waals surface area contributed by atoms with Gasteiger partial charge >= 0.3 is 6.18 Å². The number of benzene rings is 2. The van der Waals surface area contributed by atoms with Crippen molar-refractivity contribution in [3.63, 3.8) is 0 Å². The van der Waals surface area contributed by atoms with Gasteiger partial charge in [0.15, 0.2) is 10.8 Å². The number of amides is 4. The van der Waals surface area contributed by atoms with Crippen molar-refractivity contribution in [1.29, 1.82) is 5.26 Å². The summed E-state index contributed by atoms with van der Waals surface area (Å²) in [6.07, 6.45) is 1.77. The third kappa shape index (κ3) is 8.85. The molecule has 7 rings (SSSR count). The number of piperidine rings is 2. The van der Waals surface area contributed by atoms with Gasteiger partial charge in [0.05, 0.1) is 30.6 Å². The number of aryl methyl sites for hydroxylation is 1. The van der Waals surface area contributed by atoms with E-state index in [0.29, 0.717) is 66.0 Å². The van der Waals surface area contributed by atoms with Crippen LogP contribution in [0.4, 0.5) is 35.9 Å². The van der Waals surface area contributed by atoms with E-state index >= 15 is 0 Å². The second kappa shape index (κ2) is 17.1.